The largest absolute Gasteiger partial charge is 0.496 e. The van der Waals surface area contributed by atoms with Gasteiger partial charge in [0.15, 0.2) is 11.6 Å². The summed E-state index contributed by atoms with van der Waals surface area (Å²) < 4.78 is 44.9. The average molecular weight is 457 g/mol. The molecule has 2 heterocycles. The quantitative estimate of drug-likeness (QED) is 0.596. The van der Waals surface area contributed by atoms with Crippen LogP contribution in [0.5, 0.6) is 5.75 Å². The highest BCUT2D eigenvalue weighted by molar-refractivity contribution is 5.99. The average Bonchev–Trinajstić information content (AvgIpc) is 2.82. The highest BCUT2D eigenvalue weighted by atomic mass is 19.4. The summed E-state index contributed by atoms with van der Waals surface area (Å²) in [6, 6.07) is 11.1. The minimum Gasteiger partial charge on any atom is -0.496 e. The van der Waals surface area contributed by atoms with Crippen molar-refractivity contribution in [2.75, 3.05) is 30.4 Å². The Morgan fingerprint density at radius 3 is 2.58 bits per heavy atom. The second kappa shape index (κ2) is 9.11. The fraction of sp³-hybridized carbons (Fsp3) is 0.348. The summed E-state index contributed by atoms with van der Waals surface area (Å²) >= 11 is 0. The van der Waals surface area contributed by atoms with E-state index in [0.717, 1.165) is 11.5 Å². The van der Waals surface area contributed by atoms with Gasteiger partial charge >= 0.3 is 6.18 Å². The molecular weight excluding hydrogens is 435 g/mol. The summed E-state index contributed by atoms with van der Waals surface area (Å²) in [4.78, 5) is 2.04. The highest BCUT2D eigenvalue weighted by Crippen LogP contribution is 2.37. The lowest BCUT2D eigenvalue weighted by Gasteiger charge is -2.31. The summed E-state index contributed by atoms with van der Waals surface area (Å²) in [5.41, 5.74) is -0.0272. The number of piperidine rings is 1. The van der Waals surface area contributed by atoms with Crippen LogP contribution in [0.15, 0.2) is 36.4 Å². The second-order valence-corrected chi connectivity index (χ2v) is 7.85. The first-order valence-corrected chi connectivity index (χ1v) is 10.4. The summed E-state index contributed by atoms with van der Waals surface area (Å²) in [7, 11) is 1.20. The number of nitriles is 1. The molecule has 1 saturated heterocycles. The van der Waals surface area contributed by atoms with Gasteiger partial charge in [0.2, 0.25) is 0 Å². The van der Waals surface area contributed by atoms with Crippen molar-refractivity contribution in [3.63, 3.8) is 0 Å². The fourth-order valence-corrected chi connectivity index (χ4v) is 3.92. The van der Waals surface area contributed by atoms with E-state index in [9.17, 15) is 23.5 Å². The number of aliphatic hydroxyl groups is 1. The van der Waals surface area contributed by atoms with Crippen molar-refractivity contribution in [3.8, 4) is 11.8 Å². The van der Waals surface area contributed by atoms with Crippen LogP contribution in [0.25, 0.3) is 10.8 Å². The topological polar surface area (TPSA) is 94.3 Å². The van der Waals surface area contributed by atoms with Gasteiger partial charge in [0.1, 0.15) is 5.75 Å². The van der Waals surface area contributed by atoms with E-state index < -0.39 is 11.7 Å². The van der Waals surface area contributed by atoms with E-state index in [1.54, 1.807) is 24.3 Å². The van der Waals surface area contributed by atoms with Crippen LogP contribution in [0.1, 0.15) is 29.5 Å². The zero-order valence-electron chi connectivity index (χ0n) is 17.9. The van der Waals surface area contributed by atoms with Crippen LogP contribution in [-0.2, 0) is 12.7 Å². The van der Waals surface area contributed by atoms with Gasteiger partial charge in [-0.1, -0.05) is 6.07 Å². The molecule has 3 aromatic rings. The number of anilines is 2. The second-order valence-electron chi connectivity index (χ2n) is 7.85. The van der Waals surface area contributed by atoms with E-state index in [4.69, 9.17) is 4.74 Å². The zero-order chi connectivity index (χ0) is 23.6. The number of rotatable bonds is 5. The van der Waals surface area contributed by atoms with Crippen molar-refractivity contribution < 1.29 is 23.0 Å². The molecule has 7 nitrogen and oxygen atoms in total. The zero-order valence-corrected chi connectivity index (χ0v) is 17.9. The Bertz CT molecular complexity index is 1200. The van der Waals surface area contributed by atoms with Crippen molar-refractivity contribution in [1.29, 1.82) is 5.26 Å². The van der Waals surface area contributed by atoms with E-state index in [0.29, 0.717) is 54.1 Å². The Balaban J connectivity index is 1.66. The maximum absolute atomic E-state index is 13.3. The third kappa shape index (κ3) is 4.78. The van der Waals surface area contributed by atoms with Gasteiger partial charge in [-0.25, -0.2) is 0 Å². The predicted molar refractivity (Wildman–Crippen MR) is 117 cm³/mol. The van der Waals surface area contributed by atoms with Crippen molar-refractivity contribution in [3.05, 3.63) is 53.1 Å². The van der Waals surface area contributed by atoms with Gasteiger partial charge in [0.05, 0.1) is 30.4 Å². The number of hydrogen-bond donors (Lipinski definition) is 2. The summed E-state index contributed by atoms with van der Waals surface area (Å²) in [6.07, 6.45) is -3.63. The van der Waals surface area contributed by atoms with Crippen molar-refractivity contribution >= 4 is 22.4 Å². The van der Waals surface area contributed by atoms with Gasteiger partial charge < -0.3 is 20.1 Å². The smallest absolute Gasteiger partial charge is 0.419 e. The molecular formula is C23H22F3N5O2. The number of alkyl halides is 3. The van der Waals surface area contributed by atoms with Gasteiger partial charge in [0.25, 0.3) is 0 Å². The van der Waals surface area contributed by atoms with Crippen LogP contribution in [0.3, 0.4) is 0 Å². The van der Waals surface area contributed by atoms with Gasteiger partial charge in [-0.3, -0.25) is 0 Å². The number of hydrogen-bond acceptors (Lipinski definition) is 7. The number of halogens is 3. The van der Waals surface area contributed by atoms with Gasteiger partial charge in [0, 0.05) is 30.4 Å². The Kier molecular flexibility index (Phi) is 6.24. The molecule has 0 bridgehead atoms. The lowest BCUT2D eigenvalue weighted by Crippen LogP contribution is -2.36. The number of nitrogens with zero attached hydrogens (tertiary/aromatic N) is 4. The van der Waals surface area contributed by atoms with Gasteiger partial charge in [-0.15, -0.1) is 10.2 Å². The third-order valence-corrected chi connectivity index (χ3v) is 5.68. The summed E-state index contributed by atoms with van der Waals surface area (Å²) in [6.45, 7) is 1.33. The first kappa shape index (κ1) is 22.6. The number of methoxy groups -OCH3 is 1. The normalized spacial score (nSPS) is 14.8. The van der Waals surface area contributed by atoms with Crippen LogP contribution in [0, 0.1) is 11.3 Å². The molecule has 1 aromatic heterocycles. The Hall–Kier alpha value is -3.58. The Morgan fingerprint density at radius 2 is 1.91 bits per heavy atom. The van der Waals surface area contributed by atoms with E-state index >= 15 is 0 Å². The minimum atomic E-state index is -4.54. The molecule has 1 aliphatic heterocycles. The number of benzene rings is 2. The molecule has 0 spiro atoms. The first-order chi connectivity index (χ1) is 15.8. The van der Waals surface area contributed by atoms with Crippen LogP contribution < -0.4 is 15.0 Å². The summed E-state index contributed by atoms with van der Waals surface area (Å²) in [5.74, 6) is 0.772. The molecule has 0 saturated carbocycles. The van der Waals surface area contributed by atoms with Crippen LogP contribution >= 0.6 is 0 Å². The predicted octanol–water partition coefficient (Wildman–Crippen LogP) is 4.10. The molecule has 172 valence electrons. The van der Waals surface area contributed by atoms with E-state index in [1.807, 2.05) is 4.90 Å². The number of nitrogens with one attached hydrogen (secondary N) is 1. The summed E-state index contributed by atoms with van der Waals surface area (Å²) in [5, 5.41) is 32.2. The lowest BCUT2D eigenvalue weighted by atomic mass is 10.1. The van der Waals surface area contributed by atoms with Crippen molar-refractivity contribution in [2.24, 2.45) is 0 Å². The van der Waals surface area contributed by atoms with Crippen LogP contribution in [-0.4, -0.2) is 41.6 Å². The molecule has 0 amide bonds. The van der Waals surface area contributed by atoms with Crippen LogP contribution in [0.4, 0.5) is 24.8 Å². The molecule has 10 heteroatoms. The Labute approximate surface area is 188 Å². The Morgan fingerprint density at radius 1 is 1.15 bits per heavy atom. The molecule has 0 unspecified atom stereocenters. The highest BCUT2D eigenvalue weighted by Gasteiger charge is 2.34. The maximum Gasteiger partial charge on any atom is 0.419 e. The number of ether oxygens (including phenoxy) is 1. The van der Waals surface area contributed by atoms with Crippen molar-refractivity contribution in [1.82, 2.24) is 10.2 Å². The standard InChI is InChI=1S/C23H22F3N5O2/c1-33-20-5-3-15(11-19(20)23(24,25)26)13-28-21-18-10-14(12-27)2-4-17(18)22(30-29-21)31-8-6-16(32)7-9-31/h2-5,10-11,16,32H,6-9,13H2,1H3,(H,28,29). The molecule has 4 rings (SSSR count). The molecule has 2 N–H and O–H groups in total. The molecule has 2 aromatic carbocycles. The van der Waals surface area contributed by atoms with Gasteiger partial charge in [-0.05, 0) is 48.7 Å². The molecule has 1 fully saturated rings. The number of aromatic nitrogens is 2. The lowest BCUT2D eigenvalue weighted by molar-refractivity contribution is -0.138. The minimum absolute atomic E-state index is 0.0723. The molecule has 1 aliphatic rings. The third-order valence-electron chi connectivity index (χ3n) is 5.68. The number of fused-ring (bicyclic) bond motifs is 1. The van der Waals surface area contributed by atoms with E-state index in [1.165, 1.54) is 13.2 Å². The number of aliphatic hydroxyl groups excluding tert-OH is 1. The van der Waals surface area contributed by atoms with Crippen LogP contribution in [0.2, 0.25) is 0 Å². The van der Waals surface area contributed by atoms with E-state index in [-0.39, 0.29) is 18.4 Å². The molecule has 0 radical (unpaired) electrons. The first-order valence-electron chi connectivity index (χ1n) is 10.4. The molecule has 0 aliphatic carbocycles. The van der Waals surface area contributed by atoms with Gasteiger partial charge in [-0.2, -0.15) is 18.4 Å². The molecule has 0 atom stereocenters. The maximum atomic E-state index is 13.3. The van der Waals surface area contributed by atoms with E-state index in [2.05, 4.69) is 21.6 Å². The SMILES string of the molecule is COc1ccc(CNc2nnc(N3CCC(O)CC3)c3ccc(C#N)cc23)cc1C(F)(F)F. The monoisotopic (exact) mass is 457 g/mol. The fourth-order valence-electron chi connectivity index (χ4n) is 3.92. The molecule has 33 heavy (non-hydrogen) atoms. The van der Waals surface area contributed by atoms with Crippen molar-refractivity contribution in [2.45, 2.75) is 31.7 Å².